The molecule has 1 saturated heterocycles. The largest absolute Gasteiger partial charge is 0.393 e. The summed E-state index contributed by atoms with van der Waals surface area (Å²) in [7, 11) is 0. The molecule has 15 heavy (non-hydrogen) atoms. The lowest BCUT2D eigenvalue weighted by molar-refractivity contribution is -0.130. The molecule has 0 bridgehead atoms. The molecule has 1 aliphatic rings. The van der Waals surface area contributed by atoms with E-state index in [-0.39, 0.29) is 17.9 Å². The van der Waals surface area contributed by atoms with Gasteiger partial charge in [-0.1, -0.05) is 6.92 Å². The topological polar surface area (TPSA) is 40.5 Å². The molecule has 1 amide bonds. The smallest absolute Gasteiger partial charge is 0.223 e. The number of rotatable bonds is 4. The molecular formula is C11H21NO2S. The standard InChI is InChI=1S/C11H21NO2S/c1-8(15-3)6-11(14)12-5-4-10(7-12)9(2)13/h8-10,13H,4-7H2,1-3H3. The molecule has 4 heteroatoms. The number of carbonyl (C=O) groups is 1. The van der Waals surface area contributed by atoms with Crippen LogP contribution in [-0.2, 0) is 4.79 Å². The van der Waals surface area contributed by atoms with E-state index in [1.54, 1.807) is 11.8 Å². The van der Waals surface area contributed by atoms with Crippen molar-refractivity contribution in [3.8, 4) is 0 Å². The molecule has 0 aliphatic carbocycles. The predicted molar refractivity (Wildman–Crippen MR) is 64.0 cm³/mol. The number of nitrogens with zero attached hydrogens (tertiary/aromatic N) is 1. The normalized spacial score (nSPS) is 25.3. The van der Waals surface area contributed by atoms with Gasteiger partial charge in [0.05, 0.1) is 6.10 Å². The summed E-state index contributed by atoms with van der Waals surface area (Å²) in [6.45, 7) is 5.43. The molecule has 1 heterocycles. The van der Waals surface area contributed by atoms with Gasteiger partial charge in [0.1, 0.15) is 0 Å². The van der Waals surface area contributed by atoms with E-state index < -0.39 is 0 Å². The minimum Gasteiger partial charge on any atom is -0.393 e. The highest BCUT2D eigenvalue weighted by atomic mass is 32.2. The van der Waals surface area contributed by atoms with Crippen LogP contribution in [0.1, 0.15) is 26.7 Å². The maximum absolute atomic E-state index is 11.8. The molecule has 0 aromatic heterocycles. The Balaban J connectivity index is 2.36. The first-order valence-corrected chi connectivity index (χ1v) is 6.82. The maximum atomic E-state index is 11.8. The van der Waals surface area contributed by atoms with Gasteiger partial charge in [-0.2, -0.15) is 11.8 Å². The Labute approximate surface area is 96.2 Å². The van der Waals surface area contributed by atoms with Crippen LogP contribution in [0.25, 0.3) is 0 Å². The van der Waals surface area contributed by atoms with Gasteiger partial charge in [0.15, 0.2) is 0 Å². The summed E-state index contributed by atoms with van der Waals surface area (Å²) < 4.78 is 0. The third-order valence-electron chi connectivity index (χ3n) is 3.12. The molecule has 0 radical (unpaired) electrons. The van der Waals surface area contributed by atoms with Gasteiger partial charge in [-0.3, -0.25) is 4.79 Å². The first-order valence-electron chi connectivity index (χ1n) is 5.53. The molecule has 3 unspecified atom stereocenters. The third kappa shape index (κ3) is 3.68. The first-order chi connectivity index (χ1) is 7.04. The first kappa shape index (κ1) is 12.8. The fourth-order valence-electron chi connectivity index (χ4n) is 1.87. The zero-order valence-electron chi connectivity index (χ0n) is 9.77. The molecule has 0 saturated carbocycles. The number of aliphatic hydroxyl groups is 1. The number of hydrogen-bond acceptors (Lipinski definition) is 3. The molecule has 3 atom stereocenters. The third-order valence-corrected chi connectivity index (χ3v) is 4.10. The quantitative estimate of drug-likeness (QED) is 0.794. The number of likely N-dealkylation sites (tertiary alicyclic amines) is 1. The summed E-state index contributed by atoms with van der Waals surface area (Å²) in [5, 5.41) is 9.83. The molecule has 1 fully saturated rings. The van der Waals surface area contributed by atoms with Crippen LogP contribution in [0.4, 0.5) is 0 Å². The minimum atomic E-state index is -0.291. The molecule has 0 aromatic rings. The molecule has 1 rings (SSSR count). The molecule has 88 valence electrons. The van der Waals surface area contributed by atoms with Gasteiger partial charge in [-0.15, -0.1) is 0 Å². The van der Waals surface area contributed by atoms with E-state index in [1.807, 2.05) is 18.1 Å². The van der Waals surface area contributed by atoms with E-state index in [2.05, 4.69) is 6.92 Å². The van der Waals surface area contributed by atoms with Crippen LogP contribution in [0.5, 0.6) is 0 Å². The van der Waals surface area contributed by atoms with Crippen molar-refractivity contribution >= 4 is 17.7 Å². The van der Waals surface area contributed by atoms with Crippen LogP contribution in [-0.4, -0.2) is 46.6 Å². The second-order valence-electron chi connectivity index (χ2n) is 4.38. The number of aliphatic hydroxyl groups excluding tert-OH is 1. The molecule has 0 aromatic carbocycles. The number of hydrogen-bond donors (Lipinski definition) is 1. The Morgan fingerprint density at radius 3 is 2.73 bits per heavy atom. The number of thioether (sulfide) groups is 1. The van der Waals surface area contributed by atoms with E-state index in [1.165, 1.54) is 0 Å². The summed E-state index contributed by atoms with van der Waals surface area (Å²) in [5.74, 6) is 0.513. The summed E-state index contributed by atoms with van der Waals surface area (Å²) in [6.07, 6.45) is 3.30. The Morgan fingerprint density at radius 2 is 2.27 bits per heavy atom. The SMILES string of the molecule is CSC(C)CC(=O)N1CCC(C(C)O)C1. The van der Waals surface area contributed by atoms with Gasteiger partial charge in [-0.05, 0) is 19.6 Å². The van der Waals surface area contributed by atoms with Gasteiger partial charge in [0, 0.05) is 30.7 Å². The zero-order chi connectivity index (χ0) is 11.4. The second kappa shape index (κ2) is 5.75. The fraction of sp³-hybridized carbons (Fsp3) is 0.909. The van der Waals surface area contributed by atoms with Gasteiger partial charge in [0.25, 0.3) is 0 Å². The highest BCUT2D eigenvalue weighted by molar-refractivity contribution is 7.99. The van der Waals surface area contributed by atoms with Crippen LogP contribution in [0.15, 0.2) is 0 Å². The summed E-state index contributed by atoms with van der Waals surface area (Å²) in [4.78, 5) is 13.7. The van der Waals surface area contributed by atoms with Gasteiger partial charge in [-0.25, -0.2) is 0 Å². The van der Waals surface area contributed by atoms with Crippen LogP contribution in [0, 0.1) is 5.92 Å². The molecule has 0 spiro atoms. The summed E-state index contributed by atoms with van der Waals surface area (Å²) in [6, 6.07) is 0. The van der Waals surface area contributed by atoms with Crippen LogP contribution in [0.2, 0.25) is 0 Å². The number of amides is 1. The Hall–Kier alpha value is -0.220. The van der Waals surface area contributed by atoms with E-state index in [9.17, 15) is 9.90 Å². The second-order valence-corrected chi connectivity index (χ2v) is 5.66. The lowest BCUT2D eigenvalue weighted by Crippen LogP contribution is -2.31. The van der Waals surface area contributed by atoms with Crippen molar-refractivity contribution in [2.45, 2.75) is 38.0 Å². The fourth-order valence-corrected chi connectivity index (χ4v) is 2.18. The highest BCUT2D eigenvalue weighted by Gasteiger charge is 2.29. The molecule has 1 aliphatic heterocycles. The minimum absolute atomic E-state index is 0.236. The number of carbonyl (C=O) groups excluding carboxylic acids is 1. The molecular weight excluding hydrogens is 210 g/mol. The van der Waals surface area contributed by atoms with Crippen LogP contribution in [0.3, 0.4) is 0 Å². The monoisotopic (exact) mass is 231 g/mol. The van der Waals surface area contributed by atoms with Crippen molar-refractivity contribution < 1.29 is 9.90 Å². The highest BCUT2D eigenvalue weighted by Crippen LogP contribution is 2.21. The summed E-state index contributed by atoms with van der Waals surface area (Å²) >= 11 is 1.72. The van der Waals surface area contributed by atoms with Crippen molar-refractivity contribution in [3.63, 3.8) is 0 Å². The van der Waals surface area contributed by atoms with Gasteiger partial charge >= 0.3 is 0 Å². The Kier molecular flexibility index (Phi) is 4.93. The van der Waals surface area contributed by atoms with Crippen molar-refractivity contribution in [1.29, 1.82) is 0 Å². The van der Waals surface area contributed by atoms with Gasteiger partial charge < -0.3 is 10.0 Å². The average molecular weight is 231 g/mol. The van der Waals surface area contributed by atoms with Crippen molar-refractivity contribution in [2.75, 3.05) is 19.3 Å². The molecule has 1 N–H and O–H groups in total. The van der Waals surface area contributed by atoms with Gasteiger partial charge in [0.2, 0.25) is 5.91 Å². The lowest BCUT2D eigenvalue weighted by Gasteiger charge is -2.19. The van der Waals surface area contributed by atoms with E-state index >= 15 is 0 Å². The Bertz CT molecular complexity index is 221. The molecule has 3 nitrogen and oxygen atoms in total. The summed E-state index contributed by atoms with van der Waals surface area (Å²) in [5.41, 5.74) is 0. The average Bonchev–Trinajstić information content (AvgIpc) is 2.66. The van der Waals surface area contributed by atoms with E-state index in [4.69, 9.17) is 0 Å². The van der Waals surface area contributed by atoms with Crippen molar-refractivity contribution in [1.82, 2.24) is 4.90 Å². The Morgan fingerprint density at radius 1 is 1.60 bits per heavy atom. The van der Waals surface area contributed by atoms with E-state index in [0.29, 0.717) is 11.7 Å². The van der Waals surface area contributed by atoms with Crippen LogP contribution >= 0.6 is 11.8 Å². The van der Waals surface area contributed by atoms with Crippen LogP contribution < -0.4 is 0 Å². The lowest BCUT2D eigenvalue weighted by atomic mass is 10.0. The predicted octanol–water partition coefficient (Wildman–Crippen LogP) is 1.36. The zero-order valence-corrected chi connectivity index (χ0v) is 10.6. The maximum Gasteiger partial charge on any atom is 0.223 e. The van der Waals surface area contributed by atoms with Crippen molar-refractivity contribution in [2.24, 2.45) is 5.92 Å². The van der Waals surface area contributed by atoms with E-state index in [0.717, 1.165) is 19.5 Å². The van der Waals surface area contributed by atoms with Crippen molar-refractivity contribution in [3.05, 3.63) is 0 Å².